The Hall–Kier alpha value is -1.43. The fourth-order valence-corrected chi connectivity index (χ4v) is 2.35. The molecule has 1 aliphatic heterocycles. The highest BCUT2D eigenvalue weighted by molar-refractivity contribution is 6.21. The Balaban J connectivity index is 2.34. The zero-order chi connectivity index (χ0) is 14.2. The standard InChI is InChI=1S/C12H11ClF3NO2/c13-6-2-1-3-17(5-6)12(19)7-4-8(14)10(16)11(18)9(7)15/h4,6,18H,1-3,5H2. The topological polar surface area (TPSA) is 40.5 Å². The van der Waals surface area contributed by atoms with Crippen molar-refractivity contribution in [2.24, 2.45) is 0 Å². The molecule has 0 aliphatic carbocycles. The van der Waals surface area contributed by atoms with Gasteiger partial charge in [-0.3, -0.25) is 4.79 Å². The first-order valence-corrected chi connectivity index (χ1v) is 6.15. The summed E-state index contributed by atoms with van der Waals surface area (Å²) in [7, 11) is 0. The maximum Gasteiger partial charge on any atom is 0.257 e. The molecular formula is C12H11ClF3NO2. The van der Waals surface area contributed by atoms with Gasteiger partial charge in [-0.05, 0) is 18.9 Å². The molecule has 7 heteroatoms. The van der Waals surface area contributed by atoms with E-state index in [1.54, 1.807) is 0 Å². The minimum absolute atomic E-state index is 0.208. The molecule has 1 aliphatic rings. The lowest BCUT2D eigenvalue weighted by Gasteiger charge is -2.30. The molecular weight excluding hydrogens is 283 g/mol. The molecule has 3 nitrogen and oxygen atoms in total. The highest BCUT2D eigenvalue weighted by atomic mass is 35.5. The predicted molar refractivity (Wildman–Crippen MR) is 62.8 cm³/mol. The van der Waals surface area contributed by atoms with Crippen LogP contribution in [-0.4, -0.2) is 34.4 Å². The number of phenolic OH excluding ortho intramolecular Hbond substituents is 1. The Kier molecular flexibility index (Phi) is 3.89. The highest BCUT2D eigenvalue weighted by Crippen LogP contribution is 2.27. The number of carbonyl (C=O) groups is 1. The summed E-state index contributed by atoms with van der Waals surface area (Å²) < 4.78 is 39.7. The minimum Gasteiger partial charge on any atom is -0.503 e. The smallest absolute Gasteiger partial charge is 0.257 e. The van der Waals surface area contributed by atoms with Crippen molar-refractivity contribution < 1.29 is 23.1 Å². The Morgan fingerprint density at radius 3 is 2.68 bits per heavy atom. The minimum atomic E-state index is -1.71. The van der Waals surface area contributed by atoms with Gasteiger partial charge in [0.1, 0.15) is 0 Å². The van der Waals surface area contributed by atoms with E-state index in [2.05, 4.69) is 0 Å². The Bertz CT molecular complexity index is 524. The van der Waals surface area contributed by atoms with Gasteiger partial charge >= 0.3 is 0 Å². The van der Waals surface area contributed by atoms with Gasteiger partial charge in [0.15, 0.2) is 17.4 Å². The molecule has 104 valence electrons. The Labute approximate surface area is 112 Å². The van der Waals surface area contributed by atoms with Crippen LogP contribution in [0.4, 0.5) is 13.2 Å². The number of halogens is 4. The first kappa shape index (κ1) is 14.0. The van der Waals surface area contributed by atoms with Crippen molar-refractivity contribution in [1.82, 2.24) is 4.90 Å². The lowest BCUT2D eigenvalue weighted by molar-refractivity contribution is 0.0720. The van der Waals surface area contributed by atoms with Gasteiger partial charge in [0.2, 0.25) is 5.82 Å². The van der Waals surface area contributed by atoms with E-state index in [9.17, 15) is 18.0 Å². The van der Waals surface area contributed by atoms with E-state index in [1.807, 2.05) is 0 Å². The summed E-state index contributed by atoms with van der Waals surface area (Å²) in [6, 6.07) is 0.449. The molecule has 2 rings (SSSR count). The molecule has 0 spiro atoms. The third-order valence-corrected chi connectivity index (χ3v) is 3.37. The van der Waals surface area contributed by atoms with E-state index in [0.29, 0.717) is 19.0 Å². The number of aromatic hydroxyl groups is 1. The monoisotopic (exact) mass is 293 g/mol. The van der Waals surface area contributed by atoms with Crippen LogP contribution in [0.15, 0.2) is 6.07 Å². The maximum atomic E-state index is 13.6. The van der Waals surface area contributed by atoms with Gasteiger partial charge < -0.3 is 10.0 Å². The normalized spacial score (nSPS) is 19.6. The number of rotatable bonds is 1. The van der Waals surface area contributed by atoms with Crippen LogP contribution in [0, 0.1) is 17.5 Å². The summed E-state index contributed by atoms with van der Waals surface area (Å²) in [4.78, 5) is 13.3. The van der Waals surface area contributed by atoms with E-state index < -0.39 is 34.7 Å². The molecule has 1 aromatic rings. The second kappa shape index (κ2) is 5.28. The van der Waals surface area contributed by atoms with Crippen LogP contribution in [0.5, 0.6) is 5.75 Å². The van der Waals surface area contributed by atoms with Crippen molar-refractivity contribution in [3.05, 3.63) is 29.1 Å². The van der Waals surface area contributed by atoms with Crippen molar-refractivity contribution in [3.63, 3.8) is 0 Å². The number of phenols is 1. The van der Waals surface area contributed by atoms with Crippen LogP contribution < -0.4 is 0 Å². The summed E-state index contributed by atoms with van der Waals surface area (Å²) in [5, 5.41) is 8.83. The molecule has 1 atom stereocenters. The summed E-state index contributed by atoms with van der Waals surface area (Å²) in [6.07, 6.45) is 1.38. The van der Waals surface area contributed by atoms with Crippen molar-refractivity contribution in [1.29, 1.82) is 0 Å². The van der Waals surface area contributed by atoms with Crippen LogP contribution in [0.2, 0.25) is 0 Å². The number of hydrogen-bond acceptors (Lipinski definition) is 2. The van der Waals surface area contributed by atoms with Gasteiger partial charge in [0, 0.05) is 13.1 Å². The average Bonchev–Trinajstić information content (AvgIpc) is 2.40. The number of alkyl halides is 1. The zero-order valence-corrected chi connectivity index (χ0v) is 10.6. The molecule has 0 radical (unpaired) electrons. The molecule has 1 N–H and O–H groups in total. The molecule has 1 amide bonds. The van der Waals surface area contributed by atoms with Crippen LogP contribution >= 0.6 is 11.6 Å². The van der Waals surface area contributed by atoms with Crippen LogP contribution in [0.25, 0.3) is 0 Å². The fourth-order valence-electron chi connectivity index (χ4n) is 2.03. The molecule has 0 aromatic heterocycles. The maximum absolute atomic E-state index is 13.6. The zero-order valence-electron chi connectivity index (χ0n) is 9.80. The number of likely N-dealkylation sites (tertiary alicyclic amines) is 1. The largest absolute Gasteiger partial charge is 0.503 e. The van der Waals surface area contributed by atoms with Gasteiger partial charge in [-0.15, -0.1) is 11.6 Å². The van der Waals surface area contributed by atoms with Gasteiger partial charge in [-0.1, -0.05) is 0 Å². The number of hydrogen-bond donors (Lipinski definition) is 1. The lowest BCUT2D eigenvalue weighted by atomic mass is 10.1. The summed E-state index contributed by atoms with van der Waals surface area (Å²) in [5.41, 5.74) is -0.692. The number of benzene rings is 1. The summed E-state index contributed by atoms with van der Waals surface area (Å²) in [5.74, 6) is -6.93. The lowest BCUT2D eigenvalue weighted by Crippen LogP contribution is -2.40. The number of nitrogens with zero attached hydrogens (tertiary/aromatic N) is 1. The molecule has 1 unspecified atom stereocenters. The van der Waals surface area contributed by atoms with E-state index in [1.165, 1.54) is 4.90 Å². The predicted octanol–water partition coefficient (Wildman–Crippen LogP) is 2.65. The third-order valence-electron chi connectivity index (χ3n) is 3.01. The molecule has 1 heterocycles. The summed E-state index contributed by atoms with van der Waals surface area (Å²) in [6.45, 7) is 0.570. The second-order valence-electron chi connectivity index (χ2n) is 4.37. The highest BCUT2D eigenvalue weighted by Gasteiger charge is 2.28. The first-order chi connectivity index (χ1) is 8.91. The van der Waals surface area contributed by atoms with Gasteiger partial charge in [0.05, 0.1) is 10.9 Å². The SMILES string of the molecule is O=C(c1cc(F)c(F)c(O)c1F)N1CCCC(Cl)C1. The van der Waals surface area contributed by atoms with Crippen LogP contribution in [0.3, 0.4) is 0 Å². The van der Waals surface area contributed by atoms with E-state index in [4.69, 9.17) is 16.7 Å². The molecule has 1 saturated heterocycles. The van der Waals surface area contributed by atoms with Crippen molar-refractivity contribution >= 4 is 17.5 Å². The second-order valence-corrected chi connectivity index (χ2v) is 4.99. The Morgan fingerprint density at radius 2 is 2.05 bits per heavy atom. The van der Waals surface area contributed by atoms with Crippen LogP contribution in [-0.2, 0) is 0 Å². The number of piperidine rings is 1. The molecule has 19 heavy (non-hydrogen) atoms. The fraction of sp³-hybridized carbons (Fsp3) is 0.417. The van der Waals surface area contributed by atoms with Gasteiger partial charge in [-0.2, -0.15) is 4.39 Å². The summed E-state index contributed by atoms with van der Waals surface area (Å²) >= 11 is 5.90. The first-order valence-electron chi connectivity index (χ1n) is 5.71. The van der Waals surface area contributed by atoms with E-state index in [-0.39, 0.29) is 11.9 Å². The molecule has 0 saturated carbocycles. The quantitative estimate of drug-likeness (QED) is 0.639. The third kappa shape index (κ3) is 2.63. The average molecular weight is 294 g/mol. The van der Waals surface area contributed by atoms with Crippen LogP contribution in [0.1, 0.15) is 23.2 Å². The van der Waals surface area contributed by atoms with Crippen molar-refractivity contribution in [2.45, 2.75) is 18.2 Å². The van der Waals surface area contributed by atoms with Gasteiger partial charge in [0.25, 0.3) is 5.91 Å². The molecule has 1 aromatic carbocycles. The van der Waals surface area contributed by atoms with E-state index >= 15 is 0 Å². The molecule has 0 bridgehead atoms. The van der Waals surface area contributed by atoms with Crippen molar-refractivity contribution in [3.8, 4) is 5.75 Å². The number of amides is 1. The Morgan fingerprint density at radius 1 is 1.37 bits per heavy atom. The van der Waals surface area contributed by atoms with Crippen molar-refractivity contribution in [2.75, 3.05) is 13.1 Å². The number of carbonyl (C=O) groups excluding carboxylic acids is 1. The molecule has 1 fully saturated rings. The van der Waals surface area contributed by atoms with E-state index in [0.717, 1.165) is 6.42 Å². The van der Waals surface area contributed by atoms with Gasteiger partial charge in [-0.25, -0.2) is 8.78 Å².